The van der Waals surface area contributed by atoms with E-state index < -0.39 is 23.5 Å². The molecule has 4 rings (SSSR count). The van der Waals surface area contributed by atoms with Gasteiger partial charge in [0.05, 0.1) is 31.4 Å². The first-order chi connectivity index (χ1) is 17.5. The summed E-state index contributed by atoms with van der Waals surface area (Å²) in [7, 11) is 0. The van der Waals surface area contributed by atoms with E-state index in [0.29, 0.717) is 44.3 Å². The van der Waals surface area contributed by atoms with Gasteiger partial charge in [0, 0.05) is 26.2 Å². The topological polar surface area (TPSA) is 92.5 Å². The van der Waals surface area contributed by atoms with Crippen LogP contribution in [-0.2, 0) is 9.53 Å². The van der Waals surface area contributed by atoms with E-state index in [-0.39, 0.29) is 11.3 Å². The maximum Gasteiger partial charge on any atom is 0.290 e. The molecule has 1 unspecified atom stereocenters. The highest BCUT2D eigenvalue weighted by molar-refractivity contribution is 6.15. The summed E-state index contributed by atoms with van der Waals surface area (Å²) in [5.41, 5.74) is 0.766. The van der Waals surface area contributed by atoms with Gasteiger partial charge in [-0.1, -0.05) is 31.9 Å². The van der Waals surface area contributed by atoms with Crippen molar-refractivity contribution in [2.24, 2.45) is 0 Å². The van der Waals surface area contributed by atoms with Crippen LogP contribution in [0.25, 0.3) is 0 Å². The van der Waals surface area contributed by atoms with Gasteiger partial charge in [0.25, 0.3) is 5.91 Å². The number of aliphatic hydroxyl groups is 1. The lowest BCUT2D eigenvalue weighted by atomic mass is 9.95. The van der Waals surface area contributed by atoms with Crippen LogP contribution in [0.4, 0.5) is 0 Å². The molecule has 1 N–H and O–H groups in total. The van der Waals surface area contributed by atoms with Crippen LogP contribution in [0, 0.1) is 6.92 Å². The number of aryl methyl sites for hydroxylation is 1. The van der Waals surface area contributed by atoms with Crippen molar-refractivity contribution in [1.82, 2.24) is 9.80 Å². The standard InChI is InChI=1S/C28H36N2O6/c1-3-4-5-16-35-22-9-6-8-21(19-22)25-24(26(31)23-11-10-20(2)36-23)27(32)28(33)30(25)13-7-12-29-14-17-34-18-15-29/h6,8-11,19,25,32H,3-5,7,12-18H2,1-2H3. The van der Waals surface area contributed by atoms with Gasteiger partial charge in [-0.25, -0.2) is 0 Å². The number of ketones is 1. The molecule has 1 saturated heterocycles. The second-order valence-electron chi connectivity index (χ2n) is 9.34. The quantitative estimate of drug-likeness (QED) is 0.343. The Labute approximate surface area is 212 Å². The van der Waals surface area contributed by atoms with Crippen molar-refractivity contribution in [2.45, 2.75) is 45.6 Å². The number of amides is 1. The average molecular weight is 497 g/mol. The zero-order valence-corrected chi connectivity index (χ0v) is 21.2. The number of benzene rings is 1. The van der Waals surface area contributed by atoms with Gasteiger partial charge in [-0.3, -0.25) is 14.5 Å². The van der Waals surface area contributed by atoms with Gasteiger partial charge in [-0.2, -0.15) is 0 Å². The van der Waals surface area contributed by atoms with Crippen LogP contribution in [0.5, 0.6) is 5.75 Å². The summed E-state index contributed by atoms with van der Waals surface area (Å²) in [6.45, 7) is 8.84. The summed E-state index contributed by atoms with van der Waals surface area (Å²) in [5, 5.41) is 10.9. The number of nitrogens with zero attached hydrogens (tertiary/aromatic N) is 2. The fraction of sp³-hybridized carbons (Fsp3) is 0.500. The number of aliphatic hydroxyl groups excluding tert-OH is 1. The van der Waals surface area contributed by atoms with E-state index in [0.717, 1.165) is 44.5 Å². The van der Waals surface area contributed by atoms with Crippen LogP contribution in [0.1, 0.15) is 60.5 Å². The molecule has 8 heteroatoms. The molecule has 1 amide bonds. The number of morpholine rings is 1. The van der Waals surface area contributed by atoms with Crippen molar-refractivity contribution in [3.63, 3.8) is 0 Å². The third-order valence-electron chi connectivity index (χ3n) is 6.68. The Morgan fingerprint density at radius 2 is 1.92 bits per heavy atom. The van der Waals surface area contributed by atoms with Gasteiger partial charge in [0.15, 0.2) is 11.5 Å². The summed E-state index contributed by atoms with van der Waals surface area (Å²) < 4.78 is 16.9. The third kappa shape index (κ3) is 5.99. The molecule has 3 heterocycles. The summed E-state index contributed by atoms with van der Waals surface area (Å²) in [6.07, 6.45) is 3.86. The molecule has 0 bridgehead atoms. The van der Waals surface area contributed by atoms with Crippen molar-refractivity contribution in [3.8, 4) is 5.75 Å². The lowest BCUT2D eigenvalue weighted by molar-refractivity contribution is -0.129. The zero-order chi connectivity index (χ0) is 25.5. The SMILES string of the molecule is CCCCCOc1cccc(C2C(C(=O)c3ccc(C)o3)=C(O)C(=O)N2CCCN2CCOCC2)c1. The molecule has 1 fully saturated rings. The second-order valence-corrected chi connectivity index (χ2v) is 9.34. The minimum absolute atomic E-state index is 0.0452. The molecule has 8 nitrogen and oxygen atoms in total. The van der Waals surface area contributed by atoms with Gasteiger partial charge in [0.1, 0.15) is 11.5 Å². The number of Topliss-reactive ketones (excluding diaryl/α,β-unsaturated/α-hetero) is 1. The van der Waals surface area contributed by atoms with E-state index in [2.05, 4.69) is 11.8 Å². The van der Waals surface area contributed by atoms with E-state index >= 15 is 0 Å². The number of ether oxygens (including phenoxy) is 2. The molecule has 1 atom stereocenters. The minimum Gasteiger partial charge on any atom is -0.503 e. The highest BCUT2D eigenvalue weighted by Gasteiger charge is 2.44. The highest BCUT2D eigenvalue weighted by Crippen LogP contribution is 2.40. The average Bonchev–Trinajstić information content (AvgIpc) is 3.44. The molecular formula is C28H36N2O6. The molecule has 2 aromatic rings. The first-order valence-electron chi connectivity index (χ1n) is 12.9. The predicted octanol–water partition coefficient (Wildman–Crippen LogP) is 4.46. The number of unbranched alkanes of at least 4 members (excludes halogenated alkanes) is 2. The highest BCUT2D eigenvalue weighted by atomic mass is 16.5. The van der Waals surface area contributed by atoms with Crippen LogP contribution < -0.4 is 4.74 Å². The van der Waals surface area contributed by atoms with E-state index in [4.69, 9.17) is 13.9 Å². The number of carbonyl (C=O) groups excluding carboxylic acids is 2. The lowest BCUT2D eigenvalue weighted by Crippen LogP contribution is -2.39. The molecule has 0 aliphatic carbocycles. The first kappa shape index (κ1) is 26.0. The van der Waals surface area contributed by atoms with E-state index in [9.17, 15) is 14.7 Å². The van der Waals surface area contributed by atoms with Crippen LogP contribution in [0.15, 0.2) is 52.1 Å². The predicted molar refractivity (Wildman–Crippen MR) is 135 cm³/mol. The summed E-state index contributed by atoms with van der Waals surface area (Å²) >= 11 is 0. The number of furan rings is 1. The summed E-state index contributed by atoms with van der Waals surface area (Å²) in [6, 6.07) is 10.0. The van der Waals surface area contributed by atoms with Gasteiger partial charge < -0.3 is 23.9 Å². The Hall–Kier alpha value is -3.10. The minimum atomic E-state index is -0.723. The van der Waals surface area contributed by atoms with Crippen molar-refractivity contribution in [1.29, 1.82) is 0 Å². The van der Waals surface area contributed by atoms with Gasteiger partial charge in [0.2, 0.25) is 5.78 Å². The molecule has 2 aliphatic heterocycles. The summed E-state index contributed by atoms with van der Waals surface area (Å²) in [4.78, 5) is 30.6. The molecular weight excluding hydrogens is 460 g/mol. The monoisotopic (exact) mass is 496 g/mol. The summed E-state index contributed by atoms with van der Waals surface area (Å²) in [5.74, 6) is -0.166. The number of hydrogen-bond acceptors (Lipinski definition) is 7. The molecule has 0 radical (unpaired) electrons. The fourth-order valence-electron chi connectivity index (χ4n) is 4.76. The molecule has 0 spiro atoms. The zero-order valence-electron chi connectivity index (χ0n) is 21.2. The largest absolute Gasteiger partial charge is 0.503 e. The van der Waals surface area contributed by atoms with Crippen molar-refractivity contribution >= 4 is 11.7 Å². The smallest absolute Gasteiger partial charge is 0.290 e. The Bertz CT molecular complexity index is 1090. The van der Waals surface area contributed by atoms with Crippen LogP contribution in [0.3, 0.4) is 0 Å². The number of carbonyl (C=O) groups is 2. The van der Waals surface area contributed by atoms with Crippen molar-refractivity contribution in [3.05, 3.63) is 64.8 Å². The maximum atomic E-state index is 13.5. The Kier molecular flexibility index (Phi) is 8.83. The van der Waals surface area contributed by atoms with Crippen LogP contribution in [-0.4, -0.2) is 72.6 Å². The van der Waals surface area contributed by atoms with Crippen molar-refractivity contribution < 1.29 is 28.6 Å². The van der Waals surface area contributed by atoms with Gasteiger partial charge in [-0.15, -0.1) is 0 Å². The number of rotatable bonds is 12. The Morgan fingerprint density at radius 3 is 2.64 bits per heavy atom. The van der Waals surface area contributed by atoms with E-state index in [1.54, 1.807) is 24.0 Å². The normalized spacial score (nSPS) is 18.8. The molecule has 36 heavy (non-hydrogen) atoms. The Morgan fingerprint density at radius 1 is 1.11 bits per heavy atom. The maximum absolute atomic E-state index is 13.5. The molecule has 1 aromatic heterocycles. The van der Waals surface area contributed by atoms with Gasteiger partial charge in [-0.05, 0) is 49.6 Å². The van der Waals surface area contributed by atoms with Gasteiger partial charge >= 0.3 is 0 Å². The Balaban J connectivity index is 1.59. The molecule has 0 saturated carbocycles. The van der Waals surface area contributed by atoms with Crippen LogP contribution in [0.2, 0.25) is 0 Å². The molecule has 1 aromatic carbocycles. The van der Waals surface area contributed by atoms with Crippen LogP contribution >= 0.6 is 0 Å². The lowest BCUT2D eigenvalue weighted by Gasteiger charge is -2.30. The number of hydrogen-bond donors (Lipinski definition) is 1. The molecule has 194 valence electrons. The van der Waals surface area contributed by atoms with E-state index in [1.165, 1.54) is 0 Å². The fourth-order valence-corrected chi connectivity index (χ4v) is 4.76. The van der Waals surface area contributed by atoms with E-state index in [1.807, 2.05) is 24.3 Å². The third-order valence-corrected chi connectivity index (χ3v) is 6.68. The second kappa shape index (κ2) is 12.2. The first-order valence-corrected chi connectivity index (χ1v) is 12.9. The molecule has 2 aliphatic rings. The van der Waals surface area contributed by atoms with Crippen molar-refractivity contribution in [2.75, 3.05) is 46.0 Å².